The van der Waals surface area contributed by atoms with Crippen molar-refractivity contribution < 1.29 is 19.4 Å². The van der Waals surface area contributed by atoms with Crippen LogP contribution in [-0.2, 0) is 4.79 Å². The zero-order chi connectivity index (χ0) is 17.0. The number of amides is 1. The molecule has 6 nitrogen and oxygen atoms in total. The molecular formula is C16H15ClN2O4. The molecule has 1 amide bonds. The molecule has 2 rings (SSSR count). The number of carbonyl (C=O) groups is 2. The summed E-state index contributed by atoms with van der Waals surface area (Å²) in [6, 6.07) is 9.43. The van der Waals surface area contributed by atoms with Crippen LogP contribution >= 0.6 is 11.6 Å². The van der Waals surface area contributed by atoms with Crippen LogP contribution in [0.15, 0.2) is 42.6 Å². The van der Waals surface area contributed by atoms with Crippen LogP contribution in [0.1, 0.15) is 24.2 Å². The monoisotopic (exact) mass is 334 g/mol. The Morgan fingerprint density at radius 2 is 1.83 bits per heavy atom. The predicted molar refractivity (Wildman–Crippen MR) is 86.0 cm³/mol. The van der Waals surface area contributed by atoms with E-state index in [1.807, 2.05) is 0 Å². The number of hydrogen-bond acceptors (Lipinski definition) is 4. The average molecular weight is 335 g/mol. The third-order valence-electron chi connectivity index (χ3n) is 2.99. The summed E-state index contributed by atoms with van der Waals surface area (Å²) in [5.74, 6) is -0.749. The van der Waals surface area contributed by atoms with Gasteiger partial charge in [0.2, 0.25) is 0 Å². The molecule has 120 valence electrons. The van der Waals surface area contributed by atoms with E-state index in [9.17, 15) is 9.59 Å². The number of hydrogen-bond donors (Lipinski definition) is 2. The number of rotatable bonds is 5. The zero-order valence-electron chi connectivity index (χ0n) is 12.5. The number of carbonyl (C=O) groups excluding carboxylic acids is 1. The van der Waals surface area contributed by atoms with E-state index in [0.29, 0.717) is 10.8 Å². The minimum Gasteiger partial charge on any atom is -0.478 e. The first kappa shape index (κ1) is 16.8. The number of anilines is 1. The number of pyridine rings is 1. The topological polar surface area (TPSA) is 88.5 Å². The van der Waals surface area contributed by atoms with Crippen LogP contribution in [-0.4, -0.2) is 27.6 Å². The van der Waals surface area contributed by atoms with E-state index in [0.717, 1.165) is 0 Å². The summed E-state index contributed by atoms with van der Waals surface area (Å²) < 4.78 is 5.66. The third-order valence-corrected chi connectivity index (χ3v) is 3.24. The summed E-state index contributed by atoms with van der Waals surface area (Å²) in [5.41, 5.74) is -1.11. The van der Waals surface area contributed by atoms with Crippen LogP contribution in [0, 0.1) is 0 Å². The number of ether oxygens (including phenoxy) is 1. The van der Waals surface area contributed by atoms with Gasteiger partial charge in [-0.05, 0) is 50.2 Å². The van der Waals surface area contributed by atoms with Crippen LogP contribution in [0.4, 0.5) is 5.82 Å². The average Bonchev–Trinajstić information content (AvgIpc) is 2.50. The molecule has 7 heteroatoms. The maximum atomic E-state index is 12.3. The lowest BCUT2D eigenvalue weighted by atomic mass is 10.1. The van der Waals surface area contributed by atoms with Gasteiger partial charge >= 0.3 is 5.97 Å². The minimum absolute atomic E-state index is 0.0414. The van der Waals surface area contributed by atoms with Gasteiger partial charge in [0.25, 0.3) is 5.91 Å². The molecule has 2 aromatic rings. The number of nitrogens with one attached hydrogen (secondary N) is 1. The third kappa shape index (κ3) is 4.43. The van der Waals surface area contributed by atoms with E-state index in [-0.39, 0.29) is 11.4 Å². The molecule has 0 atom stereocenters. The molecule has 1 aromatic heterocycles. The van der Waals surface area contributed by atoms with E-state index in [1.54, 1.807) is 38.1 Å². The molecule has 23 heavy (non-hydrogen) atoms. The van der Waals surface area contributed by atoms with Gasteiger partial charge in [0, 0.05) is 11.2 Å². The Bertz CT molecular complexity index is 712. The molecule has 0 unspecified atom stereocenters. The molecule has 0 saturated carbocycles. The van der Waals surface area contributed by atoms with E-state index < -0.39 is 17.5 Å². The maximum Gasteiger partial charge on any atom is 0.337 e. The van der Waals surface area contributed by atoms with Crippen molar-refractivity contribution in [2.75, 3.05) is 5.32 Å². The normalized spacial score (nSPS) is 10.9. The van der Waals surface area contributed by atoms with Crippen molar-refractivity contribution in [2.24, 2.45) is 0 Å². The van der Waals surface area contributed by atoms with Gasteiger partial charge in [-0.2, -0.15) is 0 Å². The highest BCUT2D eigenvalue weighted by Gasteiger charge is 2.30. The molecule has 0 fully saturated rings. The smallest absolute Gasteiger partial charge is 0.337 e. The van der Waals surface area contributed by atoms with Gasteiger partial charge in [-0.15, -0.1) is 0 Å². The molecule has 1 aromatic carbocycles. The molecule has 0 aliphatic heterocycles. The molecule has 0 saturated heterocycles. The van der Waals surface area contributed by atoms with Crippen LogP contribution in [0.2, 0.25) is 5.02 Å². The largest absolute Gasteiger partial charge is 0.478 e. The Kier molecular flexibility index (Phi) is 4.86. The molecule has 0 radical (unpaired) electrons. The summed E-state index contributed by atoms with van der Waals surface area (Å²) in [5, 5.41) is 12.0. The van der Waals surface area contributed by atoms with Gasteiger partial charge < -0.3 is 15.2 Å². The Balaban J connectivity index is 2.05. The zero-order valence-corrected chi connectivity index (χ0v) is 13.3. The second kappa shape index (κ2) is 6.66. The number of aromatic carboxylic acids is 1. The first-order chi connectivity index (χ1) is 10.8. The van der Waals surface area contributed by atoms with E-state index in [1.165, 1.54) is 18.3 Å². The van der Waals surface area contributed by atoms with Crippen LogP contribution in [0.3, 0.4) is 0 Å². The highest BCUT2D eigenvalue weighted by Crippen LogP contribution is 2.22. The van der Waals surface area contributed by atoms with E-state index >= 15 is 0 Å². The van der Waals surface area contributed by atoms with Crippen molar-refractivity contribution in [3.8, 4) is 5.75 Å². The minimum atomic E-state index is -1.15. The summed E-state index contributed by atoms with van der Waals surface area (Å²) in [4.78, 5) is 27.0. The lowest BCUT2D eigenvalue weighted by molar-refractivity contribution is -0.128. The van der Waals surface area contributed by atoms with Crippen LogP contribution < -0.4 is 10.1 Å². The predicted octanol–water partition coefficient (Wildman–Crippen LogP) is 3.23. The Hall–Kier alpha value is -2.60. The van der Waals surface area contributed by atoms with Crippen LogP contribution in [0.5, 0.6) is 5.75 Å². The van der Waals surface area contributed by atoms with Gasteiger partial charge in [0.1, 0.15) is 11.6 Å². The maximum absolute atomic E-state index is 12.3. The number of carboxylic acid groups (broad SMARTS) is 1. The molecular weight excluding hydrogens is 320 g/mol. The Labute approximate surface area is 138 Å². The number of benzene rings is 1. The summed E-state index contributed by atoms with van der Waals surface area (Å²) in [7, 11) is 0. The molecule has 0 aliphatic rings. The summed E-state index contributed by atoms with van der Waals surface area (Å²) in [6.07, 6.45) is 1.17. The van der Waals surface area contributed by atoms with Gasteiger partial charge in [-0.3, -0.25) is 4.79 Å². The first-order valence-electron chi connectivity index (χ1n) is 6.73. The quantitative estimate of drug-likeness (QED) is 0.876. The Morgan fingerprint density at radius 3 is 2.35 bits per heavy atom. The SMILES string of the molecule is CC(C)(Oc1ccc(Cl)cc1)C(=O)Nc1ccc(C(=O)O)cn1. The van der Waals surface area contributed by atoms with Crippen LogP contribution in [0.25, 0.3) is 0 Å². The van der Waals surface area contributed by atoms with Gasteiger partial charge in [0.15, 0.2) is 5.60 Å². The molecule has 2 N–H and O–H groups in total. The highest BCUT2D eigenvalue weighted by molar-refractivity contribution is 6.30. The van der Waals surface area contributed by atoms with Crippen molar-refractivity contribution in [3.63, 3.8) is 0 Å². The molecule has 1 heterocycles. The van der Waals surface area contributed by atoms with Crippen molar-refractivity contribution in [1.29, 1.82) is 0 Å². The van der Waals surface area contributed by atoms with Crippen molar-refractivity contribution in [2.45, 2.75) is 19.4 Å². The number of carboxylic acids is 1. The fourth-order valence-corrected chi connectivity index (χ4v) is 1.83. The molecule has 0 spiro atoms. The highest BCUT2D eigenvalue weighted by atomic mass is 35.5. The standard InChI is InChI=1S/C16H15ClN2O4/c1-16(2,23-12-6-4-11(17)5-7-12)15(22)19-13-8-3-10(9-18-13)14(20)21/h3-9H,1-2H3,(H,20,21)(H,18,19,22). The van der Waals surface area contributed by atoms with Crippen molar-refractivity contribution >= 4 is 29.3 Å². The Morgan fingerprint density at radius 1 is 1.17 bits per heavy atom. The molecule has 0 bridgehead atoms. The molecule has 0 aliphatic carbocycles. The lowest BCUT2D eigenvalue weighted by Crippen LogP contribution is -2.42. The van der Waals surface area contributed by atoms with Crippen molar-refractivity contribution in [3.05, 3.63) is 53.2 Å². The van der Waals surface area contributed by atoms with Crippen molar-refractivity contribution in [1.82, 2.24) is 4.98 Å². The second-order valence-corrected chi connectivity index (χ2v) is 5.69. The van der Waals surface area contributed by atoms with Gasteiger partial charge in [0.05, 0.1) is 5.56 Å². The second-order valence-electron chi connectivity index (χ2n) is 5.26. The fourth-order valence-electron chi connectivity index (χ4n) is 1.70. The summed E-state index contributed by atoms with van der Waals surface area (Å²) >= 11 is 5.80. The fraction of sp³-hybridized carbons (Fsp3) is 0.188. The first-order valence-corrected chi connectivity index (χ1v) is 7.11. The number of aromatic nitrogens is 1. The number of nitrogens with zero attached hydrogens (tertiary/aromatic N) is 1. The van der Waals surface area contributed by atoms with E-state index in [2.05, 4.69) is 10.3 Å². The lowest BCUT2D eigenvalue weighted by Gasteiger charge is -2.25. The summed E-state index contributed by atoms with van der Waals surface area (Å²) in [6.45, 7) is 3.23. The number of halogens is 1. The van der Waals surface area contributed by atoms with E-state index in [4.69, 9.17) is 21.4 Å². The van der Waals surface area contributed by atoms with Gasteiger partial charge in [-0.25, -0.2) is 9.78 Å². The van der Waals surface area contributed by atoms with Gasteiger partial charge in [-0.1, -0.05) is 11.6 Å².